The largest absolute Gasteiger partial charge is 0.481 e. The first-order chi connectivity index (χ1) is 12.5. The molecule has 7 nitrogen and oxygen atoms in total. The first-order valence-corrected chi connectivity index (χ1v) is 9.60. The van der Waals surface area contributed by atoms with E-state index in [9.17, 15) is 14.4 Å². The van der Waals surface area contributed by atoms with Crippen molar-refractivity contribution in [1.82, 2.24) is 10.2 Å². The minimum absolute atomic E-state index is 0.152. The Morgan fingerprint density at radius 3 is 2.63 bits per heavy atom. The van der Waals surface area contributed by atoms with E-state index in [0.717, 1.165) is 10.0 Å². The molecule has 0 saturated carbocycles. The molecule has 1 aromatic rings. The van der Waals surface area contributed by atoms with Gasteiger partial charge in [-0.2, -0.15) is 0 Å². The van der Waals surface area contributed by atoms with E-state index in [-0.39, 0.29) is 18.9 Å². The number of alkyl carbamates (subject to hydrolysis) is 1. The molecule has 1 unspecified atom stereocenters. The molecule has 2 amide bonds. The molecule has 1 aliphatic heterocycles. The molecule has 1 saturated heterocycles. The third-order valence-corrected chi connectivity index (χ3v) is 4.66. The number of carbonyl (C=O) groups excluding carboxylic acids is 2. The van der Waals surface area contributed by atoms with E-state index in [1.54, 1.807) is 20.8 Å². The van der Waals surface area contributed by atoms with E-state index in [1.165, 1.54) is 4.90 Å². The van der Waals surface area contributed by atoms with Crippen molar-refractivity contribution in [2.45, 2.75) is 45.3 Å². The van der Waals surface area contributed by atoms with Crippen molar-refractivity contribution < 1.29 is 24.2 Å². The zero-order valence-electron chi connectivity index (χ0n) is 15.7. The molecule has 0 spiro atoms. The van der Waals surface area contributed by atoms with Gasteiger partial charge in [-0.3, -0.25) is 9.59 Å². The highest BCUT2D eigenvalue weighted by Crippen LogP contribution is 2.19. The highest BCUT2D eigenvalue weighted by atomic mass is 79.9. The van der Waals surface area contributed by atoms with Crippen molar-refractivity contribution in [2.24, 2.45) is 5.92 Å². The number of carboxylic acids is 1. The smallest absolute Gasteiger partial charge is 0.408 e. The number of amides is 2. The Hall–Kier alpha value is -2.09. The third kappa shape index (κ3) is 6.53. The summed E-state index contributed by atoms with van der Waals surface area (Å²) in [7, 11) is 0. The molecule has 27 heavy (non-hydrogen) atoms. The lowest BCUT2D eigenvalue weighted by Gasteiger charge is -2.26. The minimum Gasteiger partial charge on any atom is -0.481 e. The number of ether oxygens (including phenoxy) is 1. The van der Waals surface area contributed by atoms with Gasteiger partial charge in [-0.15, -0.1) is 0 Å². The van der Waals surface area contributed by atoms with Gasteiger partial charge in [-0.25, -0.2) is 4.79 Å². The van der Waals surface area contributed by atoms with E-state index < -0.39 is 29.6 Å². The third-order valence-electron chi connectivity index (χ3n) is 4.17. The summed E-state index contributed by atoms with van der Waals surface area (Å²) in [6.45, 7) is 5.75. The monoisotopic (exact) mass is 440 g/mol. The molecule has 148 valence electrons. The van der Waals surface area contributed by atoms with Gasteiger partial charge in [-0.1, -0.05) is 28.1 Å². The van der Waals surface area contributed by atoms with Crippen LogP contribution in [-0.4, -0.2) is 52.7 Å². The number of hydrogen-bond donors (Lipinski definition) is 2. The van der Waals surface area contributed by atoms with E-state index in [4.69, 9.17) is 9.84 Å². The van der Waals surface area contributed by atoms with E-state index in [2.05, 4.69) is 21.2 Å². The van der Waals surface area contributed by atoms with Gasteiger partial charge in [-0.05, 0) is 44.9 Å². The van der Waals surface area contributed by atoms with Crippen molar-refractivity contribution >= 4 is 33.9 Å². The second-order valence-corrected chi connectivity index (χ2v) is 8.56. The fourth-order valence-electron chi connectivity index (χ4n) is 2.93. The van der Waals surface area contributed by atoms with Crippen molar-refractivity contribution in [2.75, 3.05) is 13.1 Å². The van der Waals surface area contributed by atoms with Gasteiger partial charge in [0.15, 0.2) is 0 Å². The molecule has 2 N–H and O–H groups in total. The standard InChI is InChI=1S/C19H25BrN2O5/c1-19(2,3)27-18(26)21-15(10-12-5-4-6-14(20)9-12)16(23)22-8-7-13(11-22)17(24)25/h4-6,9,13,15H,7-8,10-11H2,1-3H3,(H,21,26)(H,24,25)/t13-,15?/m0/s1. The molecule has 0 aromatic heterocycles. The topological polar surface area (TPSA) is 95.9 Å². The van der Waals surface area contributed by atoms with Gasteiger partial charge in [0.05, 0.1) is 5.92 Å². The lowest BCUT2D eigenvalue weighted by Crippen LogP contribution is -2.50. The van der Waals surface area contributed by atoms with Crippen molar-refractivity contribution in [3.63, 3.8) is 0 Å². The van der Waals surface area contributed by atoms with Crippen LogP contribution in [0.25, 0.3) is 0 Å². The summed E-state index contributed by atoms with van der Waals surface area (Å²) < 4.78 is 6.15. The average Bonchev–Trinajstić information content (AvgIpc) is 3.02. The Kier molecular flexibility index (Phi) is 6.86. The van der Waals surface area contributed by atoms with Crippen LogP contribution in [0.5, 0.6) is 0 Å². The molecular formula is C19H25BrN2O5. The molecular weight excluding hydrogens is 416 g/mol. The van der Waals surface area contributed by atoms with Gasteiger partial charge in [0.1, 0.15) is 11.6 Å². The molecule has 1 fully saturated rings. The van der Waals surface area contributed by atoms with Crippen LogP contribution in [0, 0.1) is 5.92 Å². The highest BCUT2D eigenvalue weighted by Gasteiger charge is 2.35. The van der Waals surface area contributed by atoms with E-state index >= 15 is 0 Å². The molecule has 0 aliphatic carbocycles. The molecule has 2 atom stereocenters. The van der Waals surface area contributed by atoms with Crippen LogP contribution in [0.4, 0.5) is 4.79 Å². The second kappa shape index (κ2) is 8.73. The molecule has 0 bridgehead atoms. The van der Waals surface area contributed by atoms with Crippen LogP contribution >= 0.6 is 15.9 Å². The van der Waals surface area contributed by atoms with Gasteiger partial charge < -0.3 is 20.1 Å². The number of aliphatic carboxylic acids is 1. The summed E-state index contributed by atoms with van der Waals surface area (Å²) in [5, 5.41) is 11.8. The van der Waals surface area contributed by atoms with Gasteiger partial charge in [0, 0.05) is 24.0 Å². The summed E-state index contributed by atoms with van der Waals surface area (Å²) in [6.07, 6.45) is 0.0212. The number of carbonyl (C=O) groups is 3. The molecule has 1 aromatic carbocycles. The number of rotatable bonds is 5. The normalized spacial score (nSPS) is 18.1. The summed E-state index contributed by atoms with van der Waals surface area (Å²) in [5.41, 5.74) is 0.183. The molecule has 1 aliphatic rings. The quantitative estimate of drug-likeness (QED) is 0.733. The van der Waals surface area contributed by atoms with Crippen LogP contribution < -0.4 is 5.32 Å². The van der Waals surface area contributed by atoms with Gasteiger partial charge >= 0.3 is 12.1 Å². The molecule has 1 heterocycles. The average molecular weight is 441 g/mol. The van der Waals surface area contributed by atoms with Crippen molar-refractivity contribution in [3.8, 4) is 0 Å². The number of hydrogen-bond acceptors (Lipinski definition) is 4. The number of nitrogens with zero attached hydrogens (tertiary/aromatic N) is 1. The predicted molar refractivity (Wildman–Crippen MR) is 103 cm³/mol. The number of likely N-dealkylation sites (tertiary alicyclic amines) is 1. The fourth-order valence-corrected chi connectivity index (χ4v) is 3.38. The maximum atomic E-state index is 13.0. The maximum Gasteiger partial charge on any atom is 0.408 e. The second-order valence-electron chi connectivity index (χ2n) is 7.64. The van der Waals surface area contributed by atoms with Crippen molar-refractivity contribution in [3.05, 3.63) is 34.3 Å². The first kappa shape index (κ1) is 21.2. The molecule has 0 radical (unpaired) electrons. The van der Waals surface area contributed by atoms with Crippen LogP contribution in [0.2, 0.25) is 0 Å². The van der Waals surface area contributed by atoms with Crippen LogP contribution in [0.15, 0.2) is 28.7 Å². The van der Waals surface area contributed by atoms with Crippen LogP contribution in [0.1, 0.15) is 32.8 Å². The first-order valence-electron chi connectivity index (χ1n) is 8.80. The zero-order valence-corrected chi connectivity index (χ0v) is 17.3. The summed E-state index contributed by atoms with van der Waals surface area (Å²) in [5.74, 6) is -1.78. The maximum absolute atomic E-state index is 13.0. The Balaban J connectivity index is 2.14. The summed E-state index contributed by atoms with van der Waals surface area (Å²) >= 11 is 3.40. The van der Waals surface area contributed by atoms with E-state index in [1.807, 2.05) is 24.3 Å². The lowest BCUT2D eigenvalue weighted by atomic mass is 10.0. The Morgan fingerprint density at radius 1 is 1.37 bits per heavy atom. The Bertz CT molecular complexity index is 716. The number of benzene rings is 1. The molecule has 8 heteroatoms. The minimum atomic E-state index is -0.908. The van der Waals surface area contributed by atoms with Crippen molar-refractivity contribution in [1.29, 1.82) is 0 Å². The summed E-state index contributed by atoms with van der Waals surface area (Å²) in [6, 6.07) is 6.64. The Morgan fingerprint density at radius 2 is 2.07 bits per heavy atom. The number of carboxylic acid groups (broad SMARTS) is 1. The zero-order chi connectivity index (χ0) is 20.2. The number of nitrogens with one attached hydrogen (secondary N) is 1. The van der Waals surface area contributed by atoms with Crippen LogP contribution in [-0.2, 0) is 20.7 Å². The summed E-state index contributed by atoms with van der Waals surface area (Å²) in [4.78, 5) is 37.8. The van der Waals surface area contributed by atoms with Crippen LogP contribution in [0.3, 0.4) is 0 Å². The highest BCUT2D eigenvalue weighted by molar-refractivity contribution is 9.10. The molecule has 2 rings (SSSR count). The Labute approximate surface area is 167 Å². The fraction of sp³-hybridized carbons (Fsp3) is 0.526. The van der Waals surface area contributed by atoms with E-state index in [0.29, 0.717) is 13.0 Å². The lowest BCUT2D eigenvalue weighted by molar-refractivity contribution is -0.141. The van der Waals surface area contributed by atoms with Gasteiger partial charge in [0.2, 0.25) is 5.91 Å². The number of halogens is 1. The van der Waals surface area contributed by atoms with Gasteiger partial charge in [0.25, 0.3) is 0 Å². The predicted octanol–water partition coefficient (Wildman–Crippen LogP) is 2.82. The SMILES string of the molecule is CC(C)(C)OC(=O)NC(Cc1cccc(Br)c1)C(=O)N1CC[C@H](C(=O)O)C1.